The summed E-state index contributed by atoms with van der Waals surface area (Å²) in [7, 11) is -4.71. The lowest BCUT2D eigenvalue weighted by atomic mass is 9.94. The van der Waals surface area contributed by atoms with Crippen molar-refractivity contribution >= 4 is 24.7 Å². The Balaban J connectivity index is 1.77. The SMILES string of the molecule is C[C@H](OP(=O)(O)O)[C@H]1O[C@@H](n2ccc3c(N)ncnc32)[C@]2(C)OC(C)(C)O[C@H]12. The number of fused-ring (bicyclic) bond motifs is 2. The van der Waals surface area contributed by atoms with E-state index in [1.54, 1.807) is 30.7 Å². The second kappa shape index (κ2) is 6.20. The minimum absolute atomic E-state index is 0.335. The van der Waals surface area contributed by atoms with Crippen LogP contribution in [0, 0.1) is 0 Å². The molecular weight excluding hydrogens is 391 g/mol. The molecule has 2 fully saturated rings. The van der Waals surface area contributed by atoms with E-state index in [2.05, 4.69) is 9.97 Å². The largest absolute Gasteiger partial charge is 0.469 e. The number of hydrogen-bond acceptors (Lipinski definition) is 8. The third-order valence-electron chi connectivity index (χ3n) is 5.08. The Labute approximate surface area is 161 Å². The molecule has 0 bridgehead atoms. The summed E-state index contributed by atoms with van der Waals surface area (Å²) in [5.41, 5.74) is 5.51. The summed E-state index contributed by atoms with van der Waals surface area (Å²) in [5, 5.41) is 0.660. The molecule has 4 heterocycles. The normalized spacial score (nSPS) is 33.3. The standard InChI is InChI=1S/C16H23N4O7P/c1-8(26-28(21,22)23)10-11-16(4,27-15(2,3)25-11)14(24-10)20-6-5-9-12(17)18-7-19-13(9)20/h5-8,10-11,14H,1-4H3,(H2,17,18,19)(H2,21,22,23)/t8-,10+,11+,14+,16+/m0/s1. The number of phosphoric acid groups is 1. The highest BCUT2D eigenvalue weighted by atomic mass is 31.2. The van der Waals surface area contributed by atoms with Gasteiger partial charge in [-0.2, -0.15) is 0 Å². The van der Waals surface area contributed by atoms with Gasteiger partial charge in [-0.15, -0.1) is 0 Å². The molecule has 0 radical (unpaired) electrons. The van der Waals surface area contributed by atoms with Crippen molar-refractivity contribution in [2.75, 3.05) is 5.73 Å². The topological polar surface area (TPSA) is 151 Å². The molecular formula is C16H23N4O7P. The lowest BCUT2D eigenvalue weighted by molar-refractivity contribution is -0.221. The molecule has 0 amide bonds. The van der Waals surface area contributed by atoms with Crippen molar-refractivity contribution in [3.8, 4) is 0 Å². The van der Waals surface area contributed by atoms with E-state index in [-0.39, 0.29) is 0 Å². The summed E-state index contributed by atoms with van der Waals surface area (Å²) in [6, 6.07) is 1.77. The van der Waals surface area contributed by atoms with E-state index in [9.17, 15) is 14.4 Å². The molecule has 0 spiro atoms. The van der Waals surface area contributed by atoms with Crippen LogP contribution in [0.5, 0.6) is 0 Å². The Morgan fingerprint density at radius 3 is 2.75 bits per heavy atom. The van der Waals surface area contributed by atoms with Gasteiger partial charge in [-0.1, -0.05) is 0 Å². The molecule has 0 aromatic carbocycles. The van der Waals surface area contributed by atoms with E-state index in [4.69, 9.17) is 24.5 Å². The fourth-order valence-corrected chi connectivity index (χ4v) is 4.68. The highest BCUT2D eigenvalue weighted by Crippen LogP contribution is 2.53. The molecule has 2 aromatic rings. The van der Waals surface area contributed by atoms with E-state index in [1.807, 2.05) is 6.92 Å². The number of nitrogens with two attached hydrogens (primary N) is 1. The Morgan fingerprint density at radius 2 is 2.07 bits per heavy atom. The first-order valence-electron chi connectivity index (χ1n) is 8.76. The molecule has 12 heteroatoms. The van der Waals surface area contributed by atoms with Crippen molar-refractivity contribution in [3.05, 3.63) is 18.6 Å². The van der Waals surface area contributed by atoms with Gasteiger partial charge in [0.25, 0.3) is 0 Å². The van der Waals surface area contributed by atoms with Gasteiger partial charge < -0.3 is 34.3 Å². The Bertz CT molecular complexity index is 960. The number of ether oxygens (including phenoxy) is 3. The van der Waals surface area contributed by atoms with Crippen LogP contribution in [-0.4, -0.2) is 54.0 Å². The molecule has 0 saturated carbocycles. The van der Waals surface area contributed by atoms with Crippen LogP contribution in [0.25, 0.3) is 11.0 Å². The minimum Gasteiger partial charge on any atom is -0.383 e. The van der Waals surface area contributed by atoms with Gasteiger partial charge in [0.15, 0.2) is 12.0 Å². The van der Waals surface area contributed by atoms with Crippen LogP contribution in [0.3, 0.4) is 0 Å². The summed E-state index contributed by atoms with van der Waals surface area (Å²) in [5.74, 6) is -0.583. The number of hydrogen-bond donors (Lipinski definition) is 3. The van der Waals surface area contributed by atoms with Gasteiger partial charge in [0, 0.05) is 6.20 Å². The predicted octanol–water partition coefficient (Wildman–Crippen LogP) is 1.32. The molecule has 0 unspecified atom stereocenters. The van der Waals surface area contributed by atoms with E-state index in [0.29, 0.717) is 16.9 Å². The van der Waals surface area contributed by atoms with E-state index in [0.717, 1.165) is 0 Å². The zero-order valence-electron chi connectivity index (χ0n) is 15.8. The molecule has 2 aliphatic rings. The molecule has 2 aromatic heterocycles. The fraction of sp³-hybridized carbons (Fsp3) is 0.625. The van der Waals surface area contributed by atoms with Gasteiger partial charge in [-0.25, -0.2) is 14.5 Å². The van der Waals surface area contributed by atoms with Crippen molar-refractivity contribution in [2.24, 2.45) is 0 Å². The number of nitrogens with zero attached hydrogens (tertiary/aromatic N) is 3. The van der Waals surface area contributed by atoms with Gasteiger partial charge in [-0.3, -0.25) is 4.52 Å². The van der Waals surface area contributed by atoms with Crippen LogP contribution in [0.2, 0.25) is 0 Å². The molecule has 11 nitrogen and oxygen atoms in total. The second-order valence-electron chi connectivity index (χ2n) is 7.70. The zero-order chi connectivity index (χ0) is 20.5. The quantitative estimate of drug-likeness (QED) is 0.625. The maximum atomic E-state index is 11.3. The van der Waals surface area contributed by atoms with Gasteiger partial charge in [-0.05, 0) is 33.8 Å². The van der Waals surface area contributed by atoms with Crippen LogP contribution < -0.4 is 5.73 Å². The maximum Gasteiger partial charge on any atom is 0.469 e. The van der Waals surface area contributed by atoms with Crippen molar-refractivity contribution < 1.29 is 33.1 Å². The average molecular weight is 414 g/mol. The summed E-state index contributed by atoms with van der Waals surface area (Å²) in [6.45, 7) is 6.90. The van der Waals surface area contributed by atoms with E-state index < -0.39 is 43.8 Å². The highest BCUT2D eigenvalue weighted by Gasteiger charge is 2.65. The molecule has 4 N–H and O–H groups in total. The summed E-state index contributed by atoms with van der Waals surface area (Å²) < 4.78 is 36.4. The van der Waals surface area contributed by atoms with Crippen LogP contribution in [-0.2, 0) is 23.3 Å². The summed E-state index contributed by atoms with van der Waals surface area (Å²) in [4.78, 5) is 26.7. The number of phosphoric ester groups is 1. The number of aromatic nitrogens is 3. The van der Waals surface area contributed by atoms with Gasteiger partial charge in [0.05, 0.1) is 11.5 Å². The Kier molecular flexibility index (Phi) is 4.37. The fourth-order valence-electron chi connectivity index (χ4n) is 4.13. The third kappa shape index (κ3) is 3.13. The van der Waals surface area contributed by atoms with Crippen LogP contribution in [0.15, 0.2) is 18.6 Å². The van der Waals surface area contributed by atoms with E-state index >= 15 is 0 Å². The second-order valence-corrected chi connectivity index (χ2v) is 8.89. The monoisotopic (exact) mass is 414 g/mol. The summed E-state index contributed by atoms with van der Waals surface area (Å²) in [6.07, 6.45) is 0.0456. The lowest BCUT2D eigenvalue weighted by Gasteiger charge is -2.30. The Hall–Kier alpha value is -1.59. The van der Waals surface area contributed by atoms with Gasteiger partial charge in [0.1, 0.15) is 35.6 Å². The minimum atomic E-state index is -4.71. The first-order valence-corrected chi connectivity index (χ1v) is 10.3. The van der Waals surface area contributed by atoms with Gasteiger partial charge in [0.2, 0.25) is 0 Å². The van der Waals surface area contributed by atoms with Crippen molar-refractivity contribution in [1.82, 2.24) is 14.5 Å². The van der Waals surface area contributed by atoms with Crippen LogP contribution in [0.4, 0.5) is 5.82 Å². The molecule has 154 valence electrons. The molecule has 0 aliphatic carbocycles. The van der Waals surface area contributed by atoms with Crippen molar-refractivity contribution in [3.63, 3.8) is 0 Å². The molecule has 5 atom stereocenters. The van der Waals surface area contributed by atoms with Gasteiger partial charge >= 0.3 is 7.82 Å². The zero-order valence-corrected chi connectivity index (χ0v) is 16.7. The average Bonchev–Trinajstić information content (AvgIpc) is 3.13. The van der Waals surface area contributed by atoms with Crippen molar-refractivity contribution in [2.45, 2.75) is 63.6 Å². The van der Waals surface area contributed by atoms with Crippen molar-refractivity contribution in [1.29, 1.82) is 0 Å². The first kappa shape index (κ1) is 19.7. The smallest absolute Gasteiger partial charge is 0.383 e. The first-order chi connectivity index (χ1) is 12.9. The molecule has 2 saturated heterocycles. The number of nitrogen functional groups attached to an aromatic ring is 1. The molecule has 28 heavy (non-hydrogen) atoms. The Morgan fingerprint density at radius 1 is 1.36 bits per heavy atom. The lowest BCUT2D eigenvalue weighted by Crippen LogP contribution is -2.43. The highest BCUT2D eigenvalue weighted by molar-refractivity contribution is 7.46. The predicted molar refractivity (Wildman–Crippen MR) is 96.9 cm³/mol. The van der Waals surface area contributed by atoms with Crippen LogP contribution in [0.1, 0.15) is 33.9 Å². The molecule has 2 aliphatic heterocycles. The number of anilines is 1. The summed E-state index contributed by atoms with van der Waals surface area (Å²) >= 11 is 0. The van der Waals surface area contributed by atoms with E-state index in [1.165, 1.54) is 13.3 Å². The molecule has 4 rings (SSSR count). The number of rotatable bonds is 4. The maximum absolute atomic E-state index is 11.3. The van der Waals surface area contributed by atoms with Crippen LogP contribution >= 0.6 is 7.82 Å². The third-order valence-corrected chi connectivity index (χ3v) is 5.68.